The number of aliphatic hydroxyl groups is 3. The number of likely N-dealkylation sites (N-methyl/N-ethyl adjacent to an activating group) is 1. The number of hydrogen-bond acceptors (Lipinski definition) is 10. The second-order valence-corrected chi connectivity index (χ2v) is 9.42. The molecule has 1 amide bonds. The van der Waals surface area contributed by atoms with Gasteiger partial charge in [-0.15, -0.1) is 0 Å². The zero-order chi connectivity index (χ0) is 24.8. The van der Waals surface area contributed by atoms with Gasteiger partial charge in [-0.2, -0.15) is 0 Å². The van der Waals surface area contributed by atoms with Crippen LogP contribution in [0.25, 0.3) is 0 Å². The third-order valence-electron chi connectivity index (χ3n) is 7.58. The van der Waals surface area contributed by atoms with E-state index in [0.717, 1.165) is 0 Å². The molecule has 0 saturated heterocycles. The lowest BCUT2D eigenvalue weighted by molar-refractivity contribution is -0.219. The van der Waals surface area contributed by atoms with Crippen LogP contribution in [0.3, 0.4) is 0 Å². The Morgan fingerprint density at radius 2 is 1.70 bits per heavy atom. The molecule has 0 aliphatic heterocycles. The van der Waals surface area contributed by atoms with Crippen LogP contribution < -0.4 is 5.73 Å². The van der Waals surface area contributed by atoms with Crippen molar-refractivity contribution in [3.05, 3.63) is 29.3 Å². The number of aliphatic hydroxyl groups excluding tert-OH is 2. The van der Waals surface area contributed by atoms with Crippen molar-refractivity contribution in [3.63, 3.8) is 0 Å². The third-order valence-corrected chi connectivity index (χ3v) is 7.58. The van der Waals surface area contributed by atoms with Gasteiger partial charge in [0.1, 0.15) is 5.75 Å². The Labute approximate surface area is 187 Å². The zero-order valence-corrected chi connectivity index (χ0v) is 18.1. The van der Waals surface area contributed by atoms with Gasteiger partial charge in [-0.3, -0.25) is 28.9 Å². The van der Waals surface area contributed by atoms with Crippen molar-refractivity contribution < 1.29 is 44.4 Å². The van der Waals surface area contributed by atoms with Gasteiger partial charge in [0.2, 0.25) is 5.91 Å². The summed E-state index contributed by atoms with van der Waals surface area (Å²) in [6.07, 6.45) is -3.60. The van der Waals surface area contributed by atoms with Crippen molar-refractivity contribution in [2.24, 2.45) is 28.9 Å². The van der Waals surface area contributed by atoms with Crippen LogP contribution >= 0.6 is 0 Å². The topological polar surface area (TPSA) is 196 Å². The maximum absolute atomic E-state index is 13.7. The number of rotatable bonds is 2. The minimum Gasteiger partial charge on any atom is -0.507 e. The summed E-state index contributed by atoms with van der Waals surface area (Å²) in [5.41, 5.74) is -0.240. The van der Waals surface area contributed by atoms with Crippen molar-refractivity contribution in [1.82, 2.24) is 4.90 Å². The van der Waals surface area contributed by atoms with Gasteiger partial charge in [0.15, 0.2) is 34.7 Å². The standard InChI is InChI=1S/C22H24N2O9/c1-21-12(14(26)9-7(16(21)28)5-4-6-8(9)25)19(31)22(33)11(18(21)30)13(24(2)3)15(27)10(17(22)29)20(23)32/h4-6,10-13,16,18,25,28,30,33H,1-3H3,(H2,23,32)/t10?,11-,12?,13+,16?,18-,21+,22-/m0/s1. The number of phenolic OH excluding ortho intramolecular Hbond substituents is 1. The Hall–Kier alpha value is -2.99. The van der Waals surface area contributed by atoms with Gasteiger partial charge in [0.05, 0.1) is 35.6 Å². The Morgan fingerprint density at radius 3 is 2.24 bits per heavy atom. The summed E-state index contributed by atoms with van der Waals surface area (Å²) < 4.78 is 0. The minimum absolute atomic E-state index is 0.0408. The number of carbonyl (C=O) groups excluding carboxylic acids is 5. The number of benzene rings is 1. The number of phenols is 1. The van der Waals surface area contributed by atoms with Gasteiger partial charge in [0, 0.05) is 5.41 Å². The summed E-state index contributed by atoms with van der Waals surface area (Å²) in [5.74, 6) is -12.7. The predicted octanol–water partition coefficient (Wildman–Crippen LogP) is -2.28. The van der Waals surface area contributed by atoms with E-state index in [1.54, 1.807) is 0 Å². The van der Waals surface area contributed by atoms with Crippen LogP contribution in [0.2, 0.25) is 0 Å². The van der Waals surface area contributed by atoms with Gasteiger partial charge in [-0.05, 0) is 25.7 Å². The highest BCUT2D eigenvalue weighted by atomic mass is 16.3. The summed E-state index contributed by atoms with van der Waals surface area (Å²) in [6, 6.07) is 2.38. The number of amides is 1. The maximum atomic E-state index is 13.7. The minimum atomic E-state index is -3.11. The molecule has 1 aromatic carbocycles. The molecule has 4 rings (SSSR count). The fourth-order valence-electron chi connectivity index (χ4n) is 5.94. The first-order chi connectivity index (χ1) is 15.2. The number of nitrogens with zero attached hydrogens (tertiary/aromatic N) is 1. The normalized spacial score (nSPS) is 40.3. The molecule has 1 aromatic rings. The molecular weight excluding hydrogens is 436 g/mol. The molecular formula is C22H24N2O9. The Morgan fingerprint density at radius 1 is 1.09 bits per heavy atom. The van der Waals surface area contributed by atoms with Gasteiger partial charge in [-0.1, -0.05) is 19.1 Å². The van der Waals surface area contributed by atoms with Crippen LogP contribution in [0.4, 0.5) is 0 Å². The van der Waals surface area contributed by atoms with E-state index in [1.807, 2.05) is 0 Å². The molecule has 0 radical (unpaired) electrons. The molecule has 6 N–H and O–H groups in total. The van der Waals surface area contributed by atoms with E-state index in [1.165, 1.54) is 44.1 Å². The highest BCUT2D eigenvalue weighted by Gasteiger charge is 2.76. The lowest BCUT2D eigenvalue weighted by Crippen LogP contribution is -2.79. The molecule has 0 heterocycles. The van der Waals surface area contributed by atoms with E-state index >= 15 is 0 Å². The molecule has 11 heteroatoms. The predicted molar refractivity (Wildman–Crippen MR) is 109 cm³/mol. The van der Waals surface area contributed by atoms with Gasteiger partial charge < -0.3 is 26.2 Å². The van der Waals surface area contributed by atoms with Crippen molar-refractivity contribution in [1.29, 1.82) is 0 Å². The number of fused-ring (bicyclic) bond motifs is 3. The molecule has 11 nitrogen and oxygen atoms in total. The molecule has 3 unspecified atom stereocenters. The van der Waals surface area contributed by atoms with Crippen LogP contribution in [0.1, 0.15) is 28.9 Å². The molecule has 176 valence electrons. The summed E-state index contributed by atoms with van der Waals surface area (Å²) >= 11 is 0. The van der Waals surface area contributed by atoms with Crippen molar-refractivity contribution in [2.45, 2.75) is 30.8 Å². The number of nitrogens with two attached hydrogens (primary N) is 1. The number of primary amides is 1. The first-order valence-electron chi connectivity index (χ1n) is 10.3. The molecule has 0 bridgehead atoms. The van der Waals surface area contributed by atoms with Crippen molar-refractivity contribution >= 4 is 29.0 Å². The van der Waals surface area contributed by atoms with Gasteiger partial charge >= 0.3 is 0 Å². The smallest absolute Gasteiger partial charge is 0.235 e. The van der Waals surface area contributed by atoms with E-state index in [2.05, 4.69) is 0 Å². The van der Waals surface area contributed by atoms with Crippen LogP contribution in [-0.2, 0) is 19.2 Å². The van der Waals surface area contributed by atoms with E-state index in [-0.39, 0.29) is 11.1 Å². The molecule has 3 aliphatic carbocycles. The number of ketones is 4. The monoisotopic (exact) mass is 460 g/mol. The largest absolute Gasteiger partial charge is 0.507 e. The average Bonchev–Trinajstić information content (AvgIpc) is 2.72. The van der Waals surface area contributed by atoms with Gasteiger partial charge in [-0.25, -0.2) is 0 Å². The number of aromatic hydroxyl groups is 1. The molecule has 8 atom stereocenters. The Balaban J connectivity index is 2.02. The van der Waals surface area contributed by atoms with E-state index in [0.29, 0.717) is 0 Å². The molecule has 0 spiro atoms. The average molecular weight is 460 g/mol. The summed E-state index contributed by atoms with van der Waals surface area (Å²) in [5, 5.41) is 44.4. The summed E-state index contributed by atoms with van der Waals surface area (Å²) in [7, 11) is 2.77. The SMILES string of the molecule is CN(C)[C@H]1C(=O)C(C(N)=O)C(=O)[C@]2(O)C(=O)C3C(=O)c4c(O)cccc4C(O)[C@]3(C)[C@@H](O)[C@H]12. The quantitative estimate of drug-likeness (QED) is 0.300. The molecule has 2 saturated carbocycles. The van der Waals surface area contributed by atoms with Crippen LogP contribution in [0, 0.1) is 23.2 Å². The number of Topliss-reactive ketones (excluding diaryl/α,β-unsaturated/α-hetero) is 4. The van der Waals surface area contributed by atoms with E-state index in [4.69, 9.17) is 5.73 Å². The van der Waals surface area contributed by atoms with E-state index in [9.17, 15) is 44.4 Å². The van der Waals surface area contributed by atoms with Gasteiger partial charge in [0.25, 0.3) is 0 Å². The first-order valence-corrected chi connectivity index (χ1v) is 10.3. The fourth-order valence-corrected chi connectivity index (χ4v) is 5.94. The second-order valence-electron chi connectivity index (χ2n) is 9.42. The highest BCUT2D eigenvalue weighted by Crippen LogP contribution is 2.60. The highest BCUT2D eigenvalue weighted by molar-refractivity contribution is 6.32. The number of hydrogen-bond donors (Lipinski definition) is 5. The zero-order valence-electron chi connectivity index (χ0n) is 18.1. The fraction of sp³-hybridized carbons (Fsp3) is 0.500. The lowest BCUT2D eigenvalue weighted by Gasteiger charge is -2.59. The van der Waals surface area contributed by atoms with Crippen LogP contribution in [0.15, 0.2) is 18.2 Å². The lowest BCUT2D eigenvalue weighted by atomic mass is 9.45. The molecule has 3 aliphatic rings. The molecule has 0 aromatic heterocycles. The third kappa shape index (κ3) is 2.56. The summed E-state index contributed by atoms with van der Waals surface area (Å²) in [6.45, 7) is 1.25. The van der Waals surface area contributed by atoms with Crippen molar-refractivity contribution in [3.8, 4) is 5.75 Å². The van der Waals surface area contributed by atoms with Crippen LogP contribution in [-0.4, -0.2) is 86.2 Å². The number of carbonyl (C=O) groups is 5. The molecule has 33 heavy (non-hydrogen) atoms. The van der Waals surface area contributed by atoms with Crippen molar-refractivity contribution in [2.75, 3.05) is 14.1 Å². The molecule has 2 fully saturated rings. The van der Waals surface area contributed by atoms with Crippen LogP contribution in [0.5, 0.6) is 5.75 Å². The Kier molecular flexibility index (Phi) is 4.92. The Bertz CT molecular complexity index is 1130. The second kappa shape index (κ2) is 7.00. The van der Waals surface area contributed by atoms with E-state index < -0.39 is 81.8 Å². The first kappa shape index (κ1) is 23.2. The summed E-state index contributed by atoms with van der Waals surface area (Å²) in [4.78, 5) is 66.6. The maximum Gasteiger partial charge on any atom is 0.235 e.